The summed E-state index contributed by atoms with van der Waals surface area (Å²) in [6.07, 6.45) is 1.70. The average Bonchev–Trinajstić information content (AvgIpc) is 2.58. The number of benzene rings is 1. The summed E-state index contributed by atoms with van der Waals surface area (Å²) in [5.41, 5.74) is 0. The number of aromatic nitrogens is 2. The zero-order valence-corrected chi connectivity index (χ0v) is 11.1. The summed E-state index contributed by atoms with van der Waals surface area (Å²) >= 11 is 6.82. The monoisotopic (exact) mass is 330 g/mol. The molecule has 0 atom stereocenters. The zero-order chi connectivity index (χ0) is 10.8. The number of ether oxygens (including phenoxy) is 1. The molecule has 1 aromatic carbocycles. The van der Waals surface area contributed by atoms with E-state index >= 15 is 0 Å². The number of nitrogens with zero attached hydrogens (tertiary/aromatic N) is 2. The van der Waals surface area contributed by atoms with Crippen LogP contribution in [0.5, 0.6) is 11.6 Å². The Labute approximate surface area is 104 Å². The van der Waals surface area contributed by atoms with Crippen LogP contribution in [0.1, 0.15) is 0 Å². The van der Waals surface area contributed by atoms with Crippen molar-refractivity contribution in [2.24, 2.45) is 7.05 Å². The topological polar surface area (TPSA) is 27.1 Å². The summed E-state index contributed by atoms with van der Waals surface area (Å²) in [7, 11) is 1.83. The third-order valence-electron chi connectivity index (χ3n) is 1.88. The molecular formula is C10H8Br2N2O. The molecule has 2 rings (SSSR count). The Balaban J connectivity index is 2.32. The van der Waals surface area contributed by atoms with Gasteiger partial charge in [-0.25, -0.2) is 4.68 Å². The van der Waals surface area contributed by atoms with Gasteiger partial charge in [-0.3, -0.25) is 0 Å². The van der Waals surface area contributed by atoms with Gasteiger partial charge in [-0.05, 0) is 34.1 Å². The van der Waals surface area contributed by atoms with Crippen LogP contribution in [0.4, 0.5) is 0 Å². The Kier molecular flexibility index (Phi) is 3.11. The minimum atomic E-state index is 0.703. The minimum absolute atomic E-state index is 0.703. The fraction of sp³-hybridized carbons (Fsp3) is 0.100. The minimum Gasteiger partial charge on any atom is -0.438 e. The number of hydrogen-bond donors (Lipinski definition) is 0. The Bertz CT molecular complexity index is 482. The van der Waals surface area contributed by atoms with Crippen LogP contribution in [0.3, 0.4) is 0 Å². The van der Waals surface area contributed by atoms with Gasteiger partial charge >= 0.3 is 0 Å². The molecule has 0 radical (unpaired) electrons. The molecule has 78 valence electrons. The molecule has 15 heavy (non-hydrogen) atoms. The van der Waals surface area contributed by atoms with Gasteiger partial charge in [0.2, 0.25) is 5.88 Å². The molecule has 0 amide bonds. The van der Waals surface area contributed by atoms with Crippen molar-refractivity contribution in [2.75, 3.05) is 0 Å². The second-order valence-electron chi connectivity index (χ2n) is 2.97. The highest BCUT2D eigenvalue weighted by Crippen LogP contribution is 2.31. The molecule has 3 nitrogen and oxygen atoms in total. The second kappa shape index (κ2) is 4.37. The first-order chi connectivity index (χ1) is 7.16. The Morgan fingerprint density at radius 1 is 1.27 bits per heavy atom. The average molecular weight is 332 g/mol. The van der Waals surface area contributed by atoms with E-state index in [-0.39, 0.29) is 0 Å². The summed E-state index contributed by atoms with van der Waals surface area (Å²) in [6, 6.07) is 7.58. The van der Waals surface area contributed by atoms with Crippen molar-refractivity contribution in [1.82, 2.24) is 9.78 Å². The molecule has 0 spiro atoms. The van der Waals surface area contributed by atoms with Crippen LogP contribution in [0.15, 0.2) is 39.4 Å². The normalized spacial score (nSPS) is 10.3. The number of aryl methyl sites for hydroxylation is 1. The first kappa shape index (κ1) is 10.7. The molecule has 0 saturated heterocycles. The highest BCUT2D eigenvalue weighted by Gasteiger charge is 2.05. The first-order valence-corrected chi connectivity index (χ1v) is 5.86. The van der Waals surface area contributed by atoms with Crippen LogP contribution in [0.2, 0.25) is 0 Å². The Morgan fingerprint density at radius 2 is 2.07 bits per heavy atom. The molecule has 0 unspecified atom stereocenters. The lowest BCUT2D eigenvalue weighted by Crippen LogP contribution is -1.95. The van der Waals surface area contributed by atoms with E-state index in [4.69, 9.17) is 4.74 Å². The molecule has 0 aliphatic heterocycles. The van der Waals surface area contributed by atoms with E-state index in [0.29, 0.717) is 5.88 Å². The van der Waals surface area contributed by atoms with E-state index in [9.17, 15) is 0 Å². The number of hydrogen-bond acceptors (Lipinski definition) is 2. The van der Waals surface area contributed by atoms with Crippen LogP contribution in [-0.4, -0.2) is 9.78 Å². The molecule has 0 bridgehead atoms. The molecule has 0 saturated carbocycles. The molecule has 2 aromatic rings. The van der Waals surface area contributed by atoms with Gasteiger partial charge < -0.3 is 4.74 Å². The molecule has 1 heterocycles. The van der Waals surface area contributed by atoms with E-state index in [2.05, 4.69) is 37.0 Å². The lowest BCUT2D eigenvalue weighted by Gasteiger charge is -2.07. The van der Waals surface area contributed by atoms with Crippen molar-refractivity contribution in [2.45, 2.75) is 0 Å². The zero-order valence-electron chi connectivity index (χ0n) is 7.95. The van der Waals surface area contributed by atoms with E-state index in [1.807, 2.05) is 31.3 Å². The fourth-order valence-corrected chi connectivity index (χ4v) is 1.80. The van der Waals surface area contributed by atoms with E-state index in [1.54, 1.807) is 10.9 Å². The van der Waals surface area contributed by atoms with Crippen LogP contribution < -0.4 is 4.74 Å². The van der Waals surface area contributed by atoms with Gasteiger partial charge in [0.1, 0.15) is 5.75 Å². The maximum Gasteiger partial charge on any atom is 0.217 e. The van der Waals surface area contributed by atoms with Gasteiger partial charge in [0.25, 0.3) is 0 Å². The van der Waals surface area contributed by atoms with Gasteiger partial charge in [-0.15, -0.1) is 0 Å². The van der Waals surface area contributed by atoms with Crippen molar-refractivity contribution in [1.29, 1.82) is 0 Å². The van der Waals surface area contributed by atoms with Crippen molar-refractivity contribution in [3.8, 4) is 11.6 Å². The lowest BCUT2D eigenvalue weighted by atomic mass is 10.3. The van der Waals surface area contributed by atoms with E-state index in [0.717, 1.165) is 14.7 Å². The second-order valence-corrected chi connectivity index (χ2v) is 4.74. The molecule has 0 fully saturated rings. The van der Waals surface area contributed by atoms with Crippen LogP contribution in [-0.2, 0) is 7.05 Å². The molecule has 0 N–H and O–H groups in total. The predicted molar refractivity (Wildman–Crippen MR) is 65.1 cm³/mol. The third kappa shape index (κ3) is 2.41. The van der Waals surface area contributed by atoms with Gasteiger partial charge in [0.05, 0.1) is 10.7 Å². The van der Waals surface area contributed by atoms with Gasteiger partial charge in [0.15, 0.2) is 0 Å². The molecule has 5 heteroatoms. The molecule has 0 aliphatic rings. The van der Waals surface area contributed by atoms with E-state index in [1.165, 1.54) is 0 Å². The summed E-state index contributed by atoms with van der Waals surface area (Å²) in [5.74, 6) is 1.46. The van der Waals surface area contributed by atoms with Crippen molar-refractivity contribution in [3.05, 3.63) is 39.4 Å². The third-order valence-corrected chi connectivity index (χ3v) is 3.03. The maximum absolute atomic E-state index is 5.68. The van der Waals surface area contributed by atoms with Crippen LogP contribution >= 0.6 is 31.9 Å². The quantitative estimate of drug-likeness (QED) is 0.838. The highest BCUT2D eigenvalue weighted by molar-refractivity contribution is 9.11. The summed E-state index contributed by atoms with van der Waals surface area (Å²) in [4.78, 5) is 0. The first-order valence-electron chi connectivity index (χ1n) is 4.28. The number of rotatable bonds is 2. The van der Waals surface area contributed by atoms with Gasteiger partial charge in [-0.1, -0.05) is 15.9 Å². The molecule has 0 aliphatic carbocycles. The van der Waals surface area contributed by atoms with Crippen LogP contribution in [0.25, 0.3) is 0 Å². The highest BCUT2D eigenvalue weighted by atomic mass is 79.9. The van der Waals surface area contributed by atoms with E-state index < -0.39 is 0 Å². The predicted octanol–water partition coefficient (Wildman–Crippen LogP) is 3.74. The summed E-state index contributed by atoms with van der Waals surface area (Å²) in [6.45, 7) is 0. The smallest absolute Gasteiger partial charge is 0.217 e. The van der Waals surface area contributed by atoms with Crippen molar-refractivity contribution in [3.63, 3.8) is 0 Å². The standard InChI is InChI=1S/C10H8Br2N2O/c1-14-10(4-5-13-14)15-9-6-7(11)2-3-8(9)12/h2-6H,1H3. The van der Waals surface area contributed by atoms with Crippen molar-refractivity contribution >= 4 is 31.9 Å². The number of halogens is 2. The van der Waals surface area contributed by atoms with Crippen molar-refractivity contribution < 1.29 is 4.74 Å². The molecule has 1 aromatic heterocycles. The van der Waals surface area contributed by atoms with Crippen LogP contribution in [0, 0.1) is 0 Å². The maximum atomic E-state index is 5.68. The Hall–Kier alpha value is -0.810. The molecular weight excluding hydrogens is 324 g/mol. The van der Waals surface area contributed by atoms with Gasteiger partial charge in [-0.2, -0.15) is 5.10 Å². The lowest BCUT2D eigenvalue weighted by molar-refractivity contribution is 0.428. The SMILES string of the molecule is Cn1nccc1Oc1cc(Br)ccc1Br. The largest absolute Gasteiger partial charge is 0.438 e. The van der Waals surface area contributed by atoms with Gasteiger partial charge in [0, 0.05) is 17.6 Å². The summed E-state index contributed by atoms with van der Waals surface area (Å²) < 4.78 is 9.24. The fourth-order valence-electron chi connectivity index (χ4n) is 1.13. The Morgan fingerprint density at radius 3 is 2.73 bits per heavy atom. The summed E-state index contributed by atoms with van der Waals surface area (Å²) in [5, 5.41) is 4.03.